The molecule has 1 aliphatic heterocycles. The molecule has 0 spiro atoms. The monoisotopic (exact) mass is 271 g/mol. The Kier molecular flexibility index (Phi) is 4.32. The third kappa shape index (κ3) is 2.88. The number of nitrogens with two attached hydrogens (primary N) is 1. The van der Waals surface area contributed by atoms with Crippen LogP contribution < -0.4 is 5.73 Å². The predicted octanol–water partition coefficient (Wildman–Crippen LogP) is 2.10. The van der Waals surface area contributed by atoms with Gasteiger partial charge < -0.3 is 10.5 Å². The molecule has 1 heterocycles. The van der Waals surface area contributed by atoms with E-state index in [0.717, 1.165) is 6.42 Å². The van der Waals surface area contributed by atoms with Crippen LogP contribution in [0, 0.1) is 5.82 Å². The van der Waals surface area contributed by atoms with Crippen LogP contribution in [0.2, 0.25) is 5.02 Å². The number of ether oxygens (including phenoxy) is 1. The molecule has 2 rings (SSSR count). The summed E-state index contributed by atoms with van der Waals surface area (Å²) in [7, 11) is 0. The van der Waals surface area contributed by atoms with Crippen molar-refractivity contribution in [1.82, 2.24) is 0 Å². The summed E-state index contributed by atoms with van der Waals surface area (Å²) in [5.41, 5.74) is 5.99. The summed E-state index contributed by atoms with van der Waals surface area (Å²) in [4.78, 5) is 12.0. The molecule has 3 nitrogen and oxygen atoms in total. The lowest BCUT2D eigenvalue weighted by atomic mass is 10.0. The average Bonchev–Trinajstić information content (AvgIpc) is 2.83. The van der Waals surface area contributed by atoms with Gasteiger partial charge in [0.15, 0.2) is 5.78 Å². The first-order valence-electron chi connectivity index (χ1n) is 5.93. The summed E-state index contributed by atoms with van der Waals surface area (Å²) >= 11 is 5.81. The van der Waals surface area contributed by atoms with Crippen LogP contribution in [0.4, 0.5) is 4.39 Å². The van der Waals surface area contributed by atoms with Gasteiger partial charge in [0.1, 0.15) is 11.9 Å². The van der Waals surface area contributed by atoms with Crippen LogP contribution in [0.3, 0.4) is 0 Å². The zero-order valence-corrected chi connectivity index (χ0v) is 10.6. The van der Waals surface area contributed by atoms with E-state index < -0.39 is 11.9 Å². The Labute approximate surface area is 110 Å². The van der Waals surface area contributed by atoms with Crippen molar-refractivity contribution in [2.75, 3.05) is 6.54 Å². The fraction of sp³-hybridized carbons (Fsp3) is 0.462. The summed E-state index contributed by atoms with van der Waals surface area (Å²) < 4.78 is 18.7. The van der Waals surface area contributed by atoms with E-state index in [-0.39, 0.29) is 23.3 Å². The number of ketones is 1. The lowest BCUT2D eigenvalue weighted by Crippen LogP contribution is -2.26. The first-order valence-corrected chi connectivity index (χ1v) is 6.30. The quantitative estimate of drug-likeness (QED) is 0.912. The van der Waals surface area contributed by atoms with Crippen molar-refractivity contribution in [1.29, 1.82) is 0 Å². The van der Waals surface area contributed by atoms with Crippen molar-refractivity contribution >= 4 is 17.4 Å². The molecule has 0 amide bonds. The number of carbonyl (C=O) groups is 1. The molecule has 2 atom stereocenters. The van der Waals surface area contributed by atoms with E-state index in [4.69, 9.17) is 22.1 Å². The fourth-order valence-electron chi connectivity index (χ4n) is 2.10. The van der Waals surface area contributed by atoms with Crippen molar-refractivity contribution in [3.8, 4) is 0 Å². The lowest BCUT2D eigenvalue weighted by Gasteiger charge is -2.12. The molecule has 2 N–H and O–H groups in total. The first-order chi connectivity index (χ1) is 8.61. The molecule has 5 heteroatoms. The first kappa shape index (κ1) is 13.5. The minimum Gasteiger partial charge on any atom is -0.366 e. The highest BCUT2D eigenvalue weighted by atomic mass is 35.5. The Morgan fingerprint density at radius 1 is 1.50 bits per heavy atom. The SMILES string of the molecule is NCC1CCC(C(=O)Cc2cccc(F)c2Cl)O1. The van der Waals surface area contributed by atoms with E-state index in [9.17, 15) is 9.18 Å². The van der Waals surface area contributed by atoms with E-state index in [1.165, 1.54) is 6.07 Å². The molecular formula is C13H15ClFNO2. The van der Waals surface area contributed by atoms with Crippen LogP contribution in [0.1, 0.15) is 18.4 Å². The molecule has 1 aromatic carbocycles. The molecule has 1 saturated heterocycles. The number of halogens is 2. The van der Waals surface area contributed by atoms with Gasteiger partial charge >= 0.3 is 0 Å². The summed E-state index contributed by atoms with van der Waals surface area (Å²) in [6, 6.07) is 4.47. The zero-order valence-electron chi connectivity index (χ0n) is 9.86. The van der Waals surface area contributed by atoms with Crippen LogP contribution in [0.25, 0.3) is 0 Å². The maximum absolute atomic E-state index is 13.2. The van der Waals surface area contributed by atoms with Crippen molar-refractivity contribution in [2.45, 2.75) is 31.5 Å². The summed E-state index contributed by atoms with van der Waals surface area (Å²) in [5, 5.41) is 0.0132. The topological polar surface area (TPSA) is 52.3 Å². The third-order valence-corrected chi connectivity index (χ3v) is 3.55. The molecule has 0 aromatic heterocycles. The van der Waals surface area contributed by atoms with Crippen molar-refractivity contribution in [3.63, 3.8) is 0 Å². The van der Waals surface area contributed by atoms with Gasteiger partial charge in [-0.3, -0.25) is 4.79 Å². The van der Waals surface area contributed by atoms with Gasteiger partial charge in [0.25, 0.3) is 0 Å². The second kappa shape index (κ2) is 5.78. The minimum absolute atomic E-state index is 0.0132. The fourth-order valence-corrected chi connectivity index (χ4v) is 2.30. The number of hydrogen-bond donors (Lipinski definition) is 1. The van der Waals surface area contributed by atoms with Gasteiger partial charge in [-0.2, -0.15) is 0 Å². The Morgan fingerprint density at radius 2 is 2.28 bits per heavy atom. The molecule has 1 aromatic rings. The van der Waals surface area contributed by atoms with Gasteiger partial charge in [-0.1, -0.05) is 23.7 Å². The third-order valence-electron chi connectivity index (χ3n) is 3.13. The second-order valence-electron chi connectivity index (χ2n) is 4.42. The Bertz CT molecular complexity index is 453. The highest BCUT2D eigenvalue weighted by Crippen LogP contribution is 2.24. The highest BCUT2D eigenvalue weighted by molar-refractivity contribution is 6.31. The lowest BCUT2D eigenvalue weighted by molar-refractivity contribution is -0.128. The van der Waals surface area contributed by atoms with Crippen LogP contribution in [0.5, 0.6) is 0 Å². The van der Waals surface area contributed by atoms with Crippen molar-refractivity contribution in [2.24, 2.45) is 5.73 Å². The number of hydrogen-bond acceptors (Lipinski definition) is 3. The Hall–Kier alpha value is -0.970. The number of Topliss-reactive ketones (excluding diaryl/α,β-unsaturated/α-hetero) is 1. The summed E-state index contributed by atoms with van der Waals surface area (Å²) in [6.07, 6.45) is 1.09. The zero-order chi connectivity index (χ0) is 13.1. The van der Waals surface area contributed by atoms with Crippen LogP contribution in [-0.2, 0) is 16.0 Å². The van der Waals surface area contributed by atoms with Gasteiger partial charge in [-0.05, 0) is 24.5 Å². The van der Waals surface area contributed by atoms with Crippen molar-refractivity contribution < 1.29 is 13.9 Å². The second-order valence-corrected chi connectivity index (χ2v) is 4.79. The van der Waals surface area contributed by atoms with E-state index in [2.05, 4.69) is 0 Å². The maximum atomic E-state index is 13.2. The van der Waals surface area contributed by atoms with E-state index in [1.54, 1.807) is 12.1 Å². The smallest absolute Gasteiger partial charge is 0.165 e. The summed E-state index contributed by atoms with van der Waals surface area (Å²) in [5.74, 6) is -0.576. The van der Waals surface area contributed by atoms with Gasteiger partial charge in [-0.25, -0.2) is 4.39 Å². The number of rotatable bonds is 4. The molecule has 18 heavy (non-hydrogen) atoms. The van der Waals surface area contributed by atoms with Crippen LogP contribution in [0.15, 0.2) is 18.2 Å². The van der Waals surface area contributed by atoms with Gasteiger partial charge in [0.2, 0.25) is 0 Å². The standard InChI is InChI=1S/C13H15ClFNO2/c14-13-8(2-1-3-10(13)15)6-11(17)12-5-4-9(7-16)18-12/h1-3,9,12H,4-7,16H2. The average molecular weight is 272 g/mol. The minimum atomic E-state index is -0.505. The van der Waals surface area contributed by atoms with Gasteiger partial charge in [0.05, 0.1) is 11.1 Å². The molecular weight excluding hydrogens is 257 g/mol. The normalized spacial score (nSPS) is 23.3. The van der Waals surface area contributed by atoms with Crippen molar-refractivity contribution in [3.05, 3.63) is 34.6 Å². The molecule has 0 bridgehead atoms. The van der Waals surface area contributed by atoms with Gasteiger partial charge in [0, 0.05) is 13.0 Å². The molecule has 2 unspecified atom stereocenters. The molecule has 0 aliphatic carbocycles. The molecule has 0 radical (unpaired) electrons. The summed E-state index contributed by atoms with van der Waals surface area (Å²) in [6.45, 7) is 0.421. The molecule has 1 aliphatic rings. The number of benzene rings is 1. The highest BCUT2D eigenvalue weighted by Gasteiger charge is 2.29. The molecule has 1 fully saturated rings. The Balaban J connectivity index is 2.01. The van der Waals surface area contributed by atoms with E-state index in [0.29, 0.717) is 18.5 Å². The van der Waals surface area contributed by atoms with Crippen LogP contribution in [-0.4, -0.2) is 24.5 Å². The molecule has 98 valence electrons. The largest absolute Gasteiger partial charge is 0.366 e. The van der Waals surface area contributed by atoms with E-state index >= 15 is 0 Å². The maximum Gasteiger partial charge on any atom is 0.165 e. The number of carbonyl (C=O) groups excluding carboxylic acids is 1. The van der Waals surface area contributed by atoms with Crippen LogP contribution >= 0.6 is 11.6 Å². The Morgan fingerprint density at radius 3 is 2.94 bits per heavy atom. The molecule has 0 saturated carbocycles. The van der Waals surface area contributed by atoms with Gasteiger partial charge in [-0.15, -0.1) is 0 Å². The predicted molar refractivity (Wildman–Crippen MR) is 67.1 cm³/mol. The van der Waals surface area contributed by atoms with E-state index in [1.807, 2.05) is 0 Å².